The van der Waals surface area contributed by atoms with Crippen molar-refractivity contribution in [3.63, 3.8) is 0 Å². The van der Waals surface area contributed by atoms with Gasteiger partial charge in [0.25, 0.3) is 0 Å². The molecule has 1 aliphatic carbocycles. The highest BCUT2D eigenvalue weighted by molar-refractivity contribution is 7.88. The topological polar surface area (TPSA) is 96.0 Å². The maximum absolute atomic E-state index is 13.6. The summed E-state index contributed by atoms with van der Waals surface area (Å²) in [7, 11) is -2.22. The Balaban J connectivity index is 2.03. The van der Waals surface area contributed by atoms with Gasteiger partial charge in [-0.1, -0.05) is 37.3 Å². The van der Waals surface area contributed by atoms with E-state index in [1.165, 1.54) is 12.0 Å². The summed E-state index contributed by atoms with van der Waals surface area (Å²) in [6, 6.07) is 4.81. The van der Waals surface area contributed by atoms with Crippen LogP contribution in [0, 0.1) is 0 Å². The molecule has 0 spiro atoms. The first kappa shape index (κ1) is 23.8. The zero-order chi connectivity index (χ0) is 22.8. The lowest BCUT2D eigenvalue weighted by Crippen LogP contribution is -2.70. The van der Waals surface area contributed by atoms with Gasteiger partial charge in [0.05, 0.1) is 25.6 Å². The van der Waals surface area contributed by atoms with E-state index in [0.29, 0.717) is 16.5 Å². The van der Waals surface area contributed by atoms with Gasteiger partial charge in [-0.25, -0.2) is 8.42 Å². The van der Waals surface area contributed by atoms with Crippen molar-refractivity contribution < 1.29 is 22.7 Å². The van der Waals surface area contributed by atoms with Crippen LogP contribution in [0.2, 0.25) is 5.02 Å². The molecular weight excluding hydrogens is 442 g/mol. The number of nitrogens with zero attached hydrogens (tertiary/aromatic N) is 2. The molecule has 0 aromatic heterocycles. The number of halogens is 1. The molecule has 1 aromatic rings. The summed E-state index contributed by atoms with van der Waals surface area (Å²) in [6.07, 6.45) is 7.10. The fourth-order valence-corrected chi connectivity index (χ4v) is 5.37. The lowest BCUT2D eigenvalue weighted by molar-refractivity contribution is -0.133. The fourth-order valence-electron chi connectivity index (χ4n) is 4.38. The fraction of sp³-hybridized carbons (Fsp3) is 0.619. The monoisotopic (exact) mass is 471 g/mol. The highest BCUT2D eigenvalue weighted by atomic mass is 35.5. The van der Waals surface area contributed by atoms with Gasteiger partial charge in [0.15, 0.2) is 0 Å². The number of amides is 2. The molecule has 0 bridgehead atoms. The van der Waals surface area contributed by atoms with Crippen LogP contribution in [0.4, 0.5) is 5.69 Å². The van der Waals surface area contributed by atoms with E-state index in [0.717, 1.165) is 49.1 Å². The van der Waals surface area contributed by atoms with Crippen LogP contribution in [0.25, 0.3) is 0 Å². The van der Waals surface area contributed by atoms with Crippen molar-refractivity contribution in [2.75, 3.05) is 31.4 Å². The maximum Gasteiger partial charge on any atom is 0.247 e. The smallest absolute Gasteiger partial charge is 0.247 e. The molecule has 1 aromatic carbocycles. The molecule has 1 atom stereocenters. The number of benzene rings is 1. The minimum absolute atomic E-state index is 0.00126. The van der Waals surface area contributed by atoms with Crippen LogP contribution in [0.3, 0.4) is 0 Å². The van der Waals surface area contributed by atoms with Crippen molar-refractivity contribution in [1.29, 1.82) is 0 Å². The van der Waals surface area contributed by atoms with Crippen LogP contribution in [0.15, 0.2) is 18.2 Å². The van der Waals surface area contributed by atoms with Crippen LogP contribution < -0.4 is 15.0 Å². The molecule has 31 heavy (non-hydrogen) atoms. The van der Waals surface area contributed by atoms with E-state index in [-0.39, 0.29) is 25.0 Å². The van der Waals surface area contributed by atoms with E-state index in [4.69, 9.17) is 16.3 Å². The Morgan fingerprint density at radius 1 is 1.23 bits per heavy atom. The van der Waals surface area contributed by atoms with E-state index < -0.39 is 21.5 Å². The van der Waals surface area contributed by atoms with E-state index in [1.807, 2.05) is 0 Å². The third-order valence-corrected chi connectivity index (χ3v) is 7.50. The average Bonchev–Trinajstić information content (AvgIpc) is 2.95. The van der Waals surface area contributed by atoms with Gasteiger partial charge in [0, 0.05) is 17.6 Å². The Hall–Kier alpha value is -1.84. The third-order valence-electron chi connectivity index (χ3n) is 6.07. The number of ether oxygens (including phenoxy) is 1. The summed E-state index contributed by atoms with van der Waals surface area (Å²) >= 11 is 6.19. The average molecular weight is 472 g/mol. The molecule has 1 heterocycles. The number of piperazine rings is 1. The zero-order valence-electron chi connectivity index (χ0n) is 18.2. The number of carbonyl (C=O) groups excluding carboxylic acids is 2. The maximum atomic E-state index is 13.6. The predicted octanol–water partition coefficient (Wildman–Crippen LogP) is 2.55. The Morgan fingerprint density at radius 2 is 1.87 bits per heavy atom. The van der Waals surface area contributed by atoms with Gasteiger partial charge in [-0.3, -0.25) is 14.5 Å². The highest BCUT2D eigenvalue weighted by Gasteiger charge is 2.51. The molecule has 1 N–H and O–H groups in total. The molecule has 1 saturated heterocycles. The zero-order valence-corrected chi connectivity index (χ0v) is 19.8. The lowest BCUT2D eigenvalue weighted by atomic mass is 9.93. The Labute approximate surface area is 188 Å². The molecule has 1 aliphatic heterocycles. The minimum Gasteiger partial charge on any atom is -0.495 e. The number of hydrogen-bond acceptors (Lipinski definition) is 5. The molecule has 1 saturated carbocycles. The SMILES string of the molecule is COc1ccc(Cl)cc1N1C(=O)CN(S(C)(=O)=O)C[C@]1(C)C(=O)NC1CCCCCC1. The Bertz CT molecular complexity index is 946. The molecule has 2 aliphatic rings. The summed E-state index contributed by atoms with van der Waals surface area (Å²) in [4.78, 5) is 28.2. The van der Waals surface area contributed by atoms with Crippen molar-refractivity contribution in [1.82, 2.24) is 9.62 Å². The normalized spacial score (nSPS) is 24.0. The molecule has 2 amide bonds. The highest BCUT2D eigenvalue weighted by Crippen LogP contribution is 2.38. The van der Waals surface area contributed by atoms with E-state index in [2.05, 4.69) is 5.32 Å². The molecule has 0 unspecified atom stereocenters. The van der Waals surface area contributed by atoms with Crippen molar-refractivity contribution in [3.05, 3.63) is 23.2 Å². The first-order chi connectivity index (χ1) is 14.6. The largest absolute Gasteiger partial charge is 0.495 e. The summed E-state index contributed by atoms with van der Waals surface area (Å²) in [6.45, 7) is 1.07. The third kappa shape index (κ3) is 5.15. The molecule has 3 rings (SSSR count). The predicted molar refractivity (Wildman–Crippen MR) is 120 cm³/mol. The number of nitrogens with one attached hydrogen (secondary N) is 1. The second kappa shape index (κ2) is 9.34. The van der Waals surface area contributed by atoms with Gasteiger partial charge in [0.1, 0.15) is 11.3 Å². The number of hydrogen-bond donors (Lipinski definition) is 1. The second-order valence-corrected chi connectivity index (χ2v) is 10.9. The summed E-state index contributed by atoms with van der Waals surface area (Å²) in [5.74, 6) is -0.530. The van der Waals surface area contributed by atoms with Crippen molar-refractivity contribution in [3.8, 4) is 5.75 Å². The minimum atomic E-state index is -3.68. The number of anilines is 1. The number of sulfonamides is 1. The van der Waals surface area contributed by atoms with Gasteiger partial charge in [-0.2, -0.15) is 4.31 Å². The lowest BCUT2D eigenvalue weighted by Gasteiger charge is -2.47. The Kier molecular flexibility index (Phi) is 7.18. The van der Waals surface area contributed by atoms with Crippen LogP contribution >= 0.6 is 11.6 Å². The van der Waals surface area contributed by atoms with Crippen LogP contribution in [-0.2, 0) is 19.6 Å². The van der Waals surface area contributed by atoms with Gasteiger partial charge in [-0.05, 0) is 38.0 Å². The van der Waals surface area contributed by atoms with Crippen LogP contribution in [0.1, 0.15) is 45.4 Å². The summed E-state index contributed by atoms with van der Waals surface area (Å²) < 4.78 is 31.0. The molecule has 10 heteroatoms. The summed E-state index contributed by atoms with van der Waals surface area (Å²) in [5.41, 5.74) is -1.13. The van der Waals surface area contributed by atoms with Crippen molar-refractivity contribution >= 4 is 39.1 Å². The number of rotatable bonds is 5. The standard InChI is InChI=1S/C21H30ClN3O5S/c1-21(20(27)23-16-8-6-4-5-7-9-16)14-24(31(3,28)29)13-19(26)25(21)17-12-15(22)10-11-18(17)30-2/h10-12,16H,4-9,13-14H2,1-3H3,(H,23,27)/t21-/m1/s1. The van der Waals surface area contributed by atoms with Crippen molar-refractivity contribution in [2.45, 2.75) is 57.0 Å². The van der Waals surface area contributed by atoms with Gasteiger partial charge >= 0.3 is 0 Å². The molecular formula is C21H30ClN3O5S. The molecule has 2 fully saturated rings. The molecule has 8 nitrogen and oxygen atoms in total. The van der Waals surface area contributed by atoms with Gasteiger partial charge in [0.2, 0.25) is 21.8 Å². The van der Waals surface area contributed by atoms with E-state index >= 15 is 0 Å². The Morgan fingerprint density at radius 3 is 2.45 bits per heavy atom. The first-order valence-corrected chi connectivity index (χ1v) is 12.7. The van der Waals surface area contributed by atoms with Gasteiger partial charge in [-0.15, -0.1) is 0 Å². The number of carbonyl (C=O) groups is 2. The van der Waals surface area contributed by atoms with Crippen LogP contribution in [-0.4, -0.2) is 62.6 Å². The van der Waals surface area contributed by atoms with E-state index in [1.54, 1.807) is 25.1 Å². The van der Waals surface area contributed by atoms with Gasteiger partial charge < -0.3 is 10.1 Å². The number of methoxy groups -OCH3 is 1. The quantitative estimate of drug-likeness (QED) is 0.666. The van der Waals surface area contributed by atoms with E-state index in [9.17, 15) is 18.0 Å². The molecule has 0 radical (unpaired) electrons. The second-order valence-electron chi connectivity index (χ2n) is 8.51. The summed E-state index contributed by atoms with van der Waals surface area (Å²) in [5, 5.41) is 3.46. The first-order valence-electron chi connectivity index (χ1n) is 10.5. The molecule has 172 valence electrons. The van der Waals surface area contributed by atoms with Crippen LogP contribution in [0.5, 0.6) is 5.75 Å². The van der Waals surface area contributed by atoms with Crippen molar-refractivity contribution in [2.24, 2.45) is 0 Å².